The van der Waals surface area contributed by atoms with Gasteiger partial charge >= 0.3 is 0 Å². The number of hydrogen-bond donors (Lipinski definition) is 1. The first-order valence-corrected chi connectivity index (χ1v) is 12.2. The van der Waals surface area contributed by atoms with E-state index in [2.05, 4.69) is 10.2 Å². The van der Waals surface area contributed by atoms with Crippen LogP contribution in [0, 0.1) is 0 Å². The van der Waals surface area contributed by atoms with Gasteiger partial charge in [-0.25, -0.2) is 8.42 Å². The largest absolute Gasteiger partial charge is 0.454 e. The summed E-state index contributed by atoms with van der Waals surface area (Å²) >= 11 is 6.24. The lowest BCUT2D eigenvalue weighted by molar-refractivity contribution is -0.116. The zero-order chi connectivity index (χ0) is 22.6. The highest BCUT2D eigenvalue weighted by molar-refractivity contribution is 7.89. The molecular weight excluding hydrogens is 454 g/mol. The van der Waals surface area contributed by atoms with Gasteiger partial charge in [-0.1, -0.05) is 29.8 Å². The predicted octanol–water partition coefficient (Wildman–Crippen LogP) is 2.35. The Kier molecular flexibility index (Phi) is 6.88. The van der Waals surface area contributed by atoms with E-state index in [1.165, 1.54) is 10.4 Å². The average molecular weight is 478 g/mol. The molecule has 2 aromatic rings. The number of para-hydroxylation sites is 1. The summed E-state index contributed by atoms with van der Waals surface area (Å²) in [7, 11) is -3.46. The highest BCUT2D eigenvalue weighted by Crippen LogP contribution is 2.32. The number of piperazine rings is 1. The van der Waals surface area contributed by atoms with E-state index in [9.17, 15) is 13.2 Å². The van der Waals surface area contributed by atoms with Crippen LogP contribution in [0.15, 0.2) is 48.5 Å². The molecule has 1 N–H and O–H groups in total. The Labute approximate surface area is 192 Å². The summed E-state index contributed by atoms with van der Waals surface area (Å²) in [5.74, 6) is 0.794. The second-order valence-corrected chi connectivity index (χ2v) is 9.89. The molecule has 1 amide bonds. The third kappa shape index (κ3) is 5.35. The number of fused-ring (bicyclic) bond motifs is 1. The van der Waals surface area contributed by atoms with E-state index in [4.69, 9.17) is 21.1 Å². The minimum Gasteiger partial charge on any atom is -0.454 e. The molecule has 170 valence electrons. The van der Waals surface area contributed by atoms with Crippen molar-refractivity contribution in [3.8, 4) is 11.5 Å². The number of carbonyl (C=O) groups excluding carboxylic acids is 1. The Morgan fingerprint density at radius 1 is 1.06 bits per heavy atom. The number of hydrogen-bond acceptors (Lipinski definition) is 6. The number of halogens is 1. The molecule has 4 rings (SSSR count). The molecule has 10 heteroatoms. The quantitative estimate of drug-likeness (QED) is 0.616. The fourth-order valence-electron chi connectivity index (χ4n) is 3.60. The topological polar surface area (TPSA) is 88.2 Å². The van der Waals surface area contributed by atoms with Crippen molar-refractivity contribution in [2.45, 2.75) is 0 Å². The van der Waals surface area contributed by atoms with Crippen LogP contribution in [-0.4, -0.2) is 63.9 Å². The molecule has 8 nitrogen and oxygen atoms in total. The molecule has 2 heterocycles. The molecule has 2 aliphatic heterocycles. The van der Waals surface area contributed by atoms with Crippen LogP contribution in [0.25, 0.3) is 6.08 Å². The standard InChI is InChI=1S/C22H24ClN3O5S/c23-18-3-1-2-4-19(18)25-10-12-26(13-11-25)32(28,29)14-9-24-22(27)8-6-17-5-7-20-21(15-17)31-16-30-20/h1-8,15H,9-14,16H2,(H,24,27)/b8-6-. The van der Waals surface area contributed by atoms with Gasteiger partial charge in [0.05, 0.1) is 16.5 Å². The number of anilines is 1. The molecule has 2 aromatic carbocycles. The summed E-state index contributed by atoms with van der Waals surface area (Å²) in [5.41, 5.74) is 1.70. The Hall–Kier alpha value is -2.75. The van der Waals surface area contributed by atoms with Crippen molar-refractivity contribution in [1.82, 2.24) is 9.62 Å². The van der Waals surface area contributed by atoms with Crippen molar-refractivity contribution in [1.29, 1.82) is 0 Å². The zero-order valence-corrected chi connectivity index (χ0v) is 18.9. The molecule has 0 radical (unpaired) electrons. The first kappa shape index (κ1) is 22.4. The van der Waals surface area contributed by atoms with Gasteiger partial charge in [-0.15, -0.1) is 0 Å². The van der Waals surface area contributed by atoms with Gasteiger partial charge in [-0.2, -0.15) is 4.31 Å². The van der Waals surface area contributed by atoms with Gasteiger partial charge in [0.1, 0.15) is 0 Å². The van der Waals surface area contributed by atoms with Crippen molar-refractivity contribution in [3.05, 3.63) is 59.1 Å². The van der Waals surface area contributed by atoms with Crippen LogP contribution in [0.5, 0.6) is 11.5 Å². The Morgan fingerprint density at radius 3 is 2.59 bits per heavy atom. The van der Waals surface area contributed by atoms with E-state index < -0.39 is 10.0 Å². The maximum atomic E-state index is 12.7. The highest BCUT2D eigenvalue weighted by atomic mass is 35.5. The lowest BCUT2D eigenvalue weighted by Crippen LogP contribution is -2.50. The summed E-state index contributed by atoms with van der Waals surface area (Å²) in [6.07, 6.45) is 3.01. The van der Waals surface area contributed by atoms with Crippen LogP contribution in [-0.2, 0) is 14.8 Å². The monoisotopic (exact) mass is 477 g/mol. The molecule has 0 spiro atoms. The number of amides is 1. The Bertz CT molecular complexity index is 1110. The number of carbonyl (C=O) groups is 1. The van der Waals surface area contributed by atoms with E-state index >= 15 is 0 Å². The van der Waals surface area contributed by atoms with Gasteiger partial charge < -0.3 is 19.7 Å². The van der Waals surface area contributed by atoms with E-state index in [1.807, 2.05) is 30.3 Å². The van der Waals surface area contributed by atoms with Gasteiger partial charge in [-0.05, 0) is 35.9 Å². The minimum absolute atomic E-state index is 0.0391. The maximum absolute atomic E-state index is 12.7. The molecule has 32 heavy (non-hydrogen) atoms. The molecule has 0 unspecified atom stereocenters. The molecule has 0 saturated carbocycles. The van der Waals surface area contributed by atoms with Gasteiger partial charge in [0.15, 0.2) is 11.5 Å². The third-order valence-electron chi connectivity index (χ3n) is 5.31. The SMILES string of the molecule is O=C(/C=C\c1ccc2c(c1)OCO2)NCCS(=O)(=O)N1CCN(c2ccccc2Cl)CC1. The van der Waals surface area contributed by atoms with Crippen molar-refractivity contribution in [2.24, 2.45) is 0 Å². The first-order chi connectivity index (χ1) is 15.4. The fourth-order valence-corrected chi connectivity index (χ4v) is 5.19. The van der Waals surface area contributed by atoms with Gasteiger partial charge in [0.2, 0.25) is 22.7 Å². The predicted molar refractivity (Wildman–Crippen MR) is 124 cm³/mol. The number of benzene rings is 2. The number of sulfonamides is 1. The number of rotatable bonds is 7. The van der Waals surface area contributed by atoms with Crippen LogP contribution in [0.3, 0.4) is 0 Å². The first-order valence-electron chi connectivity index (χ1n) is 10.3. The lowest BCUT2D eigenvalue weighted by Gasteiger charge is -2.35. The number of ether oxygens (including phenoxy) is 2. The molecule has 0 atom stereocenters. The van der Waals surface area contributed by atoms with Crippen molar-refractivity contribution < 1.29 is 22.7 Å². The van der Waals surface area contributed by atoms with Gasteiger partial charge in [0, 0.05) is 38.8 Å². The van der Waals surface area contributed by atoms with Gasteiger partial charge in [0.25, 0.3) is 0 Å². The van der Waals surface area contributed by atoms with Gasteiger partial charge in [-0.3, -0.25) is 4.79 Å². The number of nitrogens with zero attached hydrogens (tertiary/aromatic N) is 2. The summed E-state index contributed by atoms with van der Waals surface area (Å²) in [6, 6.07) is 12.9. The highest BCUT2D eigenvalue weighted by Gasteiger charge is 2.27. The van der Waals surface area contributed by atoms with E-state index in [0.717, 1.165) is 11.3 Å². The van der Waals surface area contributed by atoms with E-state index in [1.54, 1.807) is 18.2 Å². The zero-order valence-electron chi connectivity index (χ0n) is 17.4. The van der Waals surface area contributed by atoms with Crippen LogP contribution in [0.4, 0.5) is 5.69 Å². The van der Waals surface area contributed by atoms with Crippen molar-refractivity contribution in [3.63, 3.8) is 0 Å². The molecular formula is C22H24ClN3O5S. The normalized spacial score (nSPS) is 16.5. The third-order valence-corrected chi connectivity index (χ3v) is 7.50. The Balaban J connectivity index is 1.23. The smallest absolute Gasteiger partial charge is 0.244 e. The van der Waals surface area contributed by atoms with Crippen LogP contribution in [0.1, 0.15) is 5.56 Å². The second-order valence-electron chi connectivity index (χ2n) is 7.39. The van der Waals surface area contributed by atoms with Crippen molar-refractivity contribution >= 4 is 39.3 Å². The van der Waals surface area contributed by atoms with E-state index in [-0.39, 0.29) is 25.0 Å². The molecule has 0 bridgehead atoms. The second kappa shape index (κ2) is 9.81. The fraction of sp³-hybridized carbons (Fsp3) is 0.318. The molecule has 0 aromatic heterocycles. The summed E-state index contributed by atoms with van der Waals surface area (Å²) in [6.45, 7) is 2.11. The molecule has 2 aliphatic rings. The maximum Gasteiger partial charge on any atom is 0.244 e. The van der Waals surface area contributed by atoms with E-state index in [0.29, 0.717) is 42.7 Å². The summed E-state index contributed by atoms with van der Waals surface area (Å²) < 4.78 is 37.3. The molecule has 1 fully saturated rings. The van der Waals surface area contributed by atoms with Crippen LogP contribution >= 0.6 is 11.6 Å². The summed E-state index contributed by atoms with van der Waals surface area (Å²) in [5, 5.41) is 3.28. The minimum atomic E-state index is -3.46. The number of nitrogens with one attached hydrogen (secondary N) is 1. The van der Waals surface area contributed by atoms with Crippen LogP contribution in [0.2, 0.25) is 5.02 Å². The molecule has 0 aliphatic carbocycles. The summed E-state index contributed by atoms with van der Waals surface area (Å²) in [4.78, 5) is 14.1. The molecule has 1 saturated heterocycles. The Morgan fingerprint density at radius 2 is 1.81 bits per heavy atom. The van der Waals surface area contributed by atoms with Crippen LogP contribution < -0.4 is 19.7 Å². The lowest BCUT2D eigenvalue weighted by atomic mass is 10.2. The van der Waals surface area contributed by atoms with Crippen molar-refractivity contribution in [2.75, 3.05) is 50.2 Å². The average Bonchev–Trinajstić information content (AvgIpc) is 3.26.